The van der Waals surface area contributed by atoms with Gasteiger partial charge in [0.2, 0.25) is 0 Å². The van der Waals surface area contributed by atoms with Crippen molar-refractivity contribution in [1.29, 1.82) is 0 Å². The molecule has 0 aromatic heterocycles. The number of aliphatic hydroxyl groups excluding tert-OH is 7. The van der Waals surface area contributed by atoms with E-state index in [1.807, 2.05) is 0 Å². The van der Waals surface area contributed by atoms with Crippen LogP contribution >= 0.6 is 0 Å². The molecule has 0 saturated heterocycles. The summed E-state index contributed by atoms with van der Waals surface area (Å²) in [6.07, 6.45) is -15.0. The van der Waals surface area contributed by atoms with Crippen LogP contribution in [0.3, 0.4) is 0 Å². The Labute approximate surface area is 135 Å². The normalized spacial score (nSPS) is 21.5. The van der Waals surface area contributed by atoms with E-state index in [4.69, 9.17) is 15.9 Å². The average molecular weight is 355 g/mol. The Bertz CT molecular complexity index is 420. The van der Waals surface area contributed by atoms with Crippen molar-refractivity contribution in [3.05, 3.63) is 0 Å². The number of nitrogens with two attached hydrogens (primary N) is 1. The summed E-state index contributed by atoms with van der Waals surface area (Å²) in [7, 11) is 0. The quantitative estimate of drug-likeness (QED) is 0.128. The summed E-state index contributed by atoms with van der Waals surface area (Å²) in [6, 6.07) is -1.65. The zero-order valence-corrected chi connectivity index (χ0v) is 12.3. The van der Waals surface area contributed by atoms with Gasteiger partial charge in [0.05, 0.1) is 6.61 Å². The highest BCUT2D eigenvalue weighted by Crippen LogP contribution is 2.12. The second kappa shape index (κ2) is 10.4. The highest BCUT2D eigenvalue weighted by molar-refractivity contribution is 5.76. The zero-order chi connectivity index (χ0) is 19.0. The number of rotatable bonds is 11. The first-order valence-corrected chi connectivity index (χ1v) is 6.68. The van der Waals surface area contributed by atoms with Crippen molar-refractivity contribution in [2.75, 3.05) is 6.61 Å². The smallest absolute Gasteiger partial charge is 0.338 e. The predicted molar refractivity (Wildman–Crippen MR) is 73.1 cm³/mol. The van der Waals surface area contributed by atoms with Crippen LogP contribution in [0.4, 0.5) is 0 Å². The van der Waals surface area contributed by atoms with Gasteiger partial charge >= 0.3 is 5.97 Å². The van der Waals surface area contributed by atoms with E-state index in [0.29, 0.717) is 0 Å². The van der Waals surface area contributed by atoms with Gasteiger partial charge in [-0.15, -0.1) is 0 Å². The summed E-state index contributed by atoms with van der Waals surface area (Å²) < 4.78 is 4.53. The summed E-state index contributed by atoms with van der Waals surface area (Å²) in [6.45, 7) is -0.962. The molecule has 0 rings (SSSR count). The molecule has 140 valence electrons. The average Bonchev–Trinajstić information content (AvgIpc) is 2.60. The van der Waals surface area contributed by atoms with Crippen LogP contribution in [0.25, 0.3) is 0 Å². The fraction of sp³-hybridized carbons (Fsp3) is 0.750. The lowest BCUT2D eigenvalue weighted by Gasteiger charge is -2.30. The topological polar surface area (TPSA) is 228 Å². The van der Waals surface area contributed by atoms with Crippen LogP contribution in [0.2, 0.25) is 0 Å². The Kier molecular flexibility index (Phi) is 9.72. The molecule has 12 heteroatoms. The van der Waals surface area contributed by atoms with Gasteiger partial charge in [0.1, 0.15) is 42.8 Å². The molecule has 0 aromatic rings. The van der Waals surface area contributed by atoms with Crippen LogP contribution in [-0.2, 0) is 19.1 Å². The lowest BCUT2D eigenvalue weighted by Crippen LogP contribution is -2.55. The number of carbonyl (C=O) groups is 3. The maximum Gasteiger partial charge on any atom is 0.338 e. The van der Waals surface area contributed by atoms with Crippen LogP contribution in [-0.4, -0.2) is 110 Å². The molecule has 24 heavy (non-hydrogen) atoms. The summed E-state index contributed by atoms with van der Waals surface area (Å²) >= 11 is 0. The van der Waals surface area contributed by atoms with Gasteiger partial charge in [0, 0.05) is 0 Å². The molecule has 0 radical (unpaired) electrons. The van der Waals surface area contributed by atoms with Gasteiger partial charge in [-0.05, 0) is 0 Å². The third-order valence-corrected chi connectivity index (χ3v) is 3.11. The highest BCUT2D eigenvalue weighted by atomic mass is 16.6. The largest absolute Gasteiger partial charge is 0.455 e. The lowest BCUT2D eigenvalue weighted by atomic mass is 10.0. The summed E-state index contributed by atoms with van der Waals surface area (Å²) in [4.78, 5) is 32.7. The number of esters is 1. The monoisotopic (exact) mass is 355 g/mol. The van der Waals surface area contributed by atoms with E-state index in [0.717, 1.165) is 0 Å². The fourth-order valence-electron chi connectivity index (χ4n) is 1.59. The van der Waals surface area contributed by atoms with E-state index in [9.17, 15) is 39.9 Å². The molecule has 0 amide bonds. The number of carbonyl (C=O) groups excluding carboxylic acids is 3. The van der Waals surface area contributed by atoms with Gasteiger partial charge in [0.15, 0.2) is 18.5 Å². The zero-order valence-electron chi connectivity index (χ0n) is 12.3. The minimum Gasteiger partial charge on any atom is -0.455 e. The van der Waals surface area contributed by atoms with Gasteiger partial charge in [-0.1, -0.05) is 0 Å². The van der Waals surface area contributed by atoms with Crippen molar-refractivity contribution in [3.8, 4) is 0 Å². The third-order valence-electron chi connectivity index (χ3n) is 3.11. The molecule has 12 nitrogen and oxygen atoms in total. The van der Waals surface area contributed by atoms with Crippen LogP contribution < -0.4 is 5.73 Å². The maximum atomic E-state index is 11.7. The Morgan fingerprint density at radius 1 is 0.958 bits per heavy atom. The number of ether oxygens (including phenoxy) is 1. The molecular weight excluding hydrogens is 334 g/mol. The molecule has 0 aromatic carbocycles. The first-order valence-electron chi connectivity index (χ1n) is 6.68. The van der Waals surface area contributed by atoms with Gasteiger partial charge in [0.25, 0.3) is 0 Å². The standard InChI is InChI=1S/C12H21NO11/c13-4(1-14)11(8(20)6(18)3-16)24-12(23)10(22)9(21)7(19)5(17)2-15/h1-2,4-11,16-22H,3,13H2/t4-,5-,6+,7+,8+,9-,10-,11+/m0/s1. The lowest BCUT2D eigenvalue weighted by molar-refractivity contribution is -0.184. The van der Waals surface area contributed by atoms with Crippen molar-refractivity contribution < 1.29 is 54.9 Å². The maximum absolute atomic E-state index is 11.7. The van der Waals surface area contributed by atoms with Gasteiger partial charge in [-0.3, -0.25) is 0 Å². The van der Waals surface area contributed by atoms with Gasteiger partial charge in [-0.25, -0.2) is 4.79 Å². The van der Waals surface area contributed by atoms with Crippen LogP contribution in [0, 0.1) is 0 Å². The number of hydrogen-bond acceptors (Lipinski definition) is 12. The van der Waals surface area contributed by atoms with Crippen LogP contribution in [0.15, 0.2) is 0 Å². The minimum absolute atomic E-state index is 0.0546. The van der Waals surface area contributed by atoms with Crippen molar-refractivity contribution in [2.45, 2.75) is 48.8 Å². The molecule has 0 aliphatic heterocycles. The molecular formula is C12H21NO11. The molecule has 0 aliphatic rings. The molecule has 9 N–H and O–H groups in total. The highest BCUT2D eigenvalue weighted by Gasteiger charge is 2.39. The van der Waals surface area contributed by atoms with E-state index >= 15 is 0 Å². The first kappa shape index (κ1) is 22.5. The number of hydrogen-bond donors (Lipinski definition) is 8. The molecule has 0 unspecified atom stereocenters. The molecule has 0 spiro atoms. The third kappa shape index (κ3) is 5.85. The number of aldehydes is 2. The molecule has 0 heterocycles. The summed E-state index contributed by atoms with van der Waals surface area (Å²) in [5, 5.41) is 65.1. The molecule has 0 fully saturated rings. The van der Waals surface area contributed by atoms with E-state index in [2.05, 4.69) is 4.74 Å². The van der Waals surface area contributed by atoms with Gasteiger partial charge in [-0.2, -0.15) is 0 Å². The van der Waals surface area contributed by atoms with Crippen molar-refractivity contribution in [1.82, 2.24) is 0 Å². The second-order valence-electron chi connectivity index (χ2n) is 4.91. The molecule has 0 bridgehead atoms. The van der Waals surface area contributed by atoms with Gasteiger partial charge < -0.3 is 55.8 Å². The van der Waals surface area contributed by atoms with Crippen LogP contribution in [0.5, 0.6) is 0 Å². The Morgan fingerprint density at radius 3 is 1.92 bits per heavy atom. The first-order chi connectivity index (χ1) is 11.1. The SMILES string of the molecule is N[C@@H](C=O)[C@@H](OC(=O)[C@@H](O)[C@@H](O)[C@H](O)[C@@H](O)C=O)[C@H](O)[C@H](O)CO. The van der Waals surface area contributed by atoms with Crippen molar-refractivity contribution >= 4 is 18.5 Å². The predicted octanol–water partition coefficient (Wildman–Crippen LogP) is -6.22. The van der Waals surface area contributed by atoms with E-state index < -0.39 is 61.3 Å². The summed E-state index contributed by atoms with van der Waals surface area (Å²) in [5.41, 5.74) is 5.29. The fourth-order valence-corrected chi connectivity index (χ4v) is 1.59. The van der Waals surface area contributed by atoms with E-state index in [-0.39, 0.29) is 12.6 Å². The van der Waals surface area contributed by atoms with E-state index in [1.165, 1.54) is 0 Å². The van der Waals surface area contributed by atoms with Crippen LogP contribution in [0.1, 0.15) is 0 Å². The van der Waals surface area contributed by atoms with E-state index in [1.54, 1.807) is 0 Å². The molecule has 8 atom stereocenters. The second-order valence-corrected chi connectivity index (χ2v) is 4.91. The van der Waals surface area contributed by atoms with Crippen molar-refractivity contribution in [3.63, 3.8) is 0 Å². The minimum atomic E-state index is -2.48. The molecule has 0 saturated carbocycles. The Hall–Kier alpha value is -1.51. The molecule has 0 aliphatic carbocycles. The summed E-state index contributed by atoms with van der Waals surface area (Å²) in [5.74, 6) is -1.67. The Balaban J connectivity index is 5.10. The number of aliphatic hydroxyl groups is 7. The van der Waals surface area contributed by atoms with Crippen molar-refractivity contribution in [2.24, 2.45) is 5.73 Å². The Morgan fingerprint density at radius 2 is 1.50 bits per heavy atom.